The van der Waals surface area contributed by atoms with E-state index in [1.54, 1.807) is 0 Å². The Hall–Kier alpha value is -3.47. The van der Waals surface area contributed by atoms with Gasteiger partial charge >= 0.3 is 6.16 Å². The van der Waals surface area contributed by atoms with Crippen LogP contribution in [0.1, 0.15) is 138 Å². The maximum atomic E-state index is 11.5. The predicted octanol–water partition coefficient (Wildman–Crippen LogP) is 10.3. The molecule has 43 heavy (non-hydrogen) atoms. The van der Waals surface area contributed by atoms with Gasteiger partial charge in [0.15, 0.2) is 0 Å². The summed E-state index contributed by atoms with van der Waals surface area (Å²) in [4.78, 5) is 11.5. The molecule has 0 radical (unpaired) electrons. The summed E-state index contributed by atoms with van der Waals surface area (Å²) in [6.45, 7) is 27.2. The van der Waals surface area contributed by atoms with Crippen LogP contribution in [-0.4, -0.2) is 21.5 Å². The molecule has 0 fully saturated rings. The zero-order chi connectivity index (χ0) is 32.8. The Morgan fingerprint density at radius 1 is 0.651 bits per heavy atom. The molecule has 234 valence electrons. The van der Waals surface area contributed by atoms with Crippen molar-refractivity contribution in [1.82, 2.24) is 0 Å². The third kappa shape index (κ3) is 7.55. The second-order valence-corrected chi connectivity index (χ2v) is 15.5. The highest BCUT2D eigenvalue weighted by Crippen LogP contribution is 2.45. The van der Waals surface area contributed by atoms with Crippen LogP contribution in [0.5, 0.6) is 17.2 Å². The summed E-state index contributed by atoms with van der Waals surface area (Å²) < 4.78 is 5.22. The Kier molecular flexibility index (Phi) is 9.42. The third-order valence-corrected chi connectivity index (χ3v) is 8.63. The second-order valence-electron chi connectivity index (χ2n) is 15.5. The van der Waals surface area contributed by atoms with Crippen LogP contribution in [0.25, 0.3) is 0 Å². The van der Waals surface area contributed by atoms with E-state index in [2.05, 4.69) is 101 Å². The van der Waals surface area contributed by atoms with Crippen LogP contribution in [0.3, 0.4) is 0 Å². The zero-order valence-corrected chi connectivity index (χ0v) is 28.5. The van der Waals surface area contributed by atoms with Gasteiger partial charge in [0, 0.05) is 11.5 Å². The molecule has 5 heteroatoms. The van der Waals surface area contributed by atoms with Crippen molar-refractivity contribution in [3.63, 3.8) is 0 Å². The van der Waals surface area contributed by atoms with Crippen LogP contribution in [0, 0.1) is 20.8 Å². The van der Waals surface area contributed by atoms with Gasteiger partial charge in [-0.05, 0) is 112 Å². The first kappa shape index (κ1) is 34.0. The number of rotatable bonds is 6. The average Bonchev–Trinajstić information content (AvgIpc) is 2.80. The fourth-order valence-electron chi connectivity index (χ4n) is 6.27. The summed E-state index contributed by atoms with van der Waals surface area (Å²) in [5.74, 6) is 1.06. The van der Waals surface area contributed by atoms with Crippen LogP contribution in [0.15, 0.2) is 36.4 Å². The monoisotopic (exact) mass is 588 g/mol. The number of ether oxygens (including phenoxy) is 1. The first-order valence-corrected chi connectivity index (χ1v) is 15.3. The standard InChI is InChI=1S/C38H52O5/c1-21(25-18-31(38(11,12)13)34(17-24(25)4)43-35(41)42)14-28(26-19-29(36(5,6)7)32(39)15-22(26)2)27-20-30(37(8,9)10)33(40)16-23(27)3/h15-21,28,39-40H,14H2,1-13H3,(H,41,42). The van der Waals surface area contributed by atoms with Crippen molar-refractivity contribution >= 4 is 6.16 Å². The molecule has 0 amide bonds. The number of carboxylic acid groups (broad SMARTS) is 1. The van der Waals surface area contributed by atoms with Gasteiger partial charge in [0.1, 0.15) is 17.2 Å². The molecular weight excluding hydrogens is 536 g/mol. The topological polar surface area (TPSA) is 87.0 Å². The lowest BCUT2D eigenvalue weighted by Crippen LogP contribution is -2.18. The van der Waals surface area contributed by atoms with E-state index < -0.39 is 6.16 Å². The molecule has 0 heterocycles. The summed E-state index contributed by atoms with van der Waals surface area (Å²) in [5, 5.41) is 31.3. The van der Waals surface area contributed by atoms with E-state index in [0.29, 0.717) is 17.2 Å². The molecule has 3 N–H and O–H groups in total. The lowest BCUT2D eigenvalue weighted by molar-refractivity contribution is 0.143. The number of aromatic hydroxyl groups is 2. The summed E-state index contributed by atoms with van der Waals surface area (Å²) in [5.41, 5.74) is 8.31. The van der Waals surface area contributed by atoms with Gasteiger partial charge in [-0.1, -0.05) is 87.4 Å². The Morgan fingerprint density at radius 3 is 1.40 bits per heavy atom. The normalized spacial score (nSPS) is 13.3. The van der Waals surface area contributed by atoms with Gasteiger partial charge in [0.05, 0.1) is 0 Å². The zero-order valence-electron chi connectivity index (χ0n) is 28.5. The van der Waals surface area contributed by atoms with Crippen molar-refractivity contribution in [2.45, 2.75) is 125 Å². The minimum atomic E-state index is -1.32. The number of phenolic OH excluding ortho intramolecular Hbond substituents is 2. The first-order valence-electron chi connectivity index (χ1n) is 15.3. The lowest BCUT2D eigenvalue weighted by Gasteiger charge is -2.31. The molecule has 0 bridgehead atoms. The molecule has 3 aromatic carbocycles. The number of hydrogen-bond acceptors (Lipinski definition) is 4. The predicted molar refractivity (Wildman–Crippen MR) is 176 cm³/mol. The molecule has 0 aliphatic heterocycles. The number of aryl methyl sites for hydroxylation is 3. The highest BCUT2D eigenvalue weighted by atomic mass is 16.7. The molecule has 0 saturated carbocycles. The maximum absolute atomic E-state index is 11.5. The summed E-state index contributed by atoms with van der Waals surface area (Å²) in [6.07, 6.45) is -0.547. The van der Waals surface area contributed by atoms with E-state index in [1.807, 2.05) is 25.1 Å². The highest BCUT2D eigenvalue weighted by molar-refractivity contribution is 5.63. The van der Waals surface area contributed by atoms with Crippen molar-refractivity contribution < 1.29 is 24.9 Å². The molecule has 0 aliphatic carbocycles. The maximum Gasteiger partial charge on any atom is 0.511 e. The van der Waals surface area contributed by atoms with Crippen LogP contribution >= 0.6 is 0 Å². The van der Waals surface area contributed by atoms with Gasteiger partial charge < -0.3 is 20.1 Å². The van der Waals surface area contributed by atoms with Crippen LogP contribution < -0.4 is 4.74 Å². The molecule has 0 aromatic heterocycles. The molecule has 5 nitrogen and oxygen atoms in total. The second kappa shape index (κ2) is 11.9. The highest BCUT2D eigenvalue weighted by Gasteiger charge is 2.30. The van der Waals surface area contributed by atoms with Crippen LogP contribution in [0.4, 0.5) is 4.79 Å². The molecule has 0 saturated heterocycles. The van der Waals surface area contributed by atoms with Crippen molar-refractivity contribution in [2.24, 2.45) is 0 Å². The van der Waals surface area contributed by atoms with Crippen molar-refractivity contribution in [3.8, 4) is 17.2 Å². The largest absolute Gasteiger partial charge is 0.511 e. The smallest absolute Gasteiger partial charge is 0.508 e. The number of hydrogen-bond donors (Lipinski definition) is 3. The molecular formula is C38H52O5. The van der Waals surface area contributed by atoms with Gasteiger partial charge in [-0.25, -0.2) is 4.79 Å². The van der Waals surface area contributed by atoms with Gasteiger partial charge in [-0.2, -0.15) is 0 Å². The van der Waals surface area contributed by atoms with E-state index in [1.165, 1.54) is 0 Å². The van der Waals surface area contributed by atoms with Gasteiger partial charge in [0.25, 0.3) is 0 Å². The van der Waals surface area contributed by atoms with Crippen LogP contribution in [0.2, 0.25) is 0 Å². The molecule has 3 aromatic rings. The number of carbonyl (C=O) groups is 1. The minimum Gasteiger partial charge on any atom is -0.508 e. The molecule has 3 rings (SSSR count). The van der Waals surface area contributed by atoms with E-state index >= 15 is 0 Å². The van der Waals surface area contributed by atoms with E-state index in [4.69, 9.17) is 4.74 Å². The van der Waals surface area contributed by atoms with Crippen molar-refractivity contribution in [2.75, 3.05) is 0 Å². The Labute approximate surface area is 259 Å². The number of benzene rings is 3. The SMILES string of the molecule is Cc1cc(OC(=O)O)c(C(C)(C)C)cc1C(C)CC(c1cc(C(C)(C)C)c(O)cc1C)c1cc(C(C)(C)C)c(O)cc1C. The molecule has 1 atom stereocenters. The first-order chi connectivity index (χ1) is 19.5. The summed E-state index contributed by atoms with van der Waals surface area (Å²) in [7, 11) is 0. The third-order valence-electron chi connectivity index (χ3n) is 8.63. The number of phenols is 2. The summed E-state index contributed by atoms with van der Waals surface area (Å²) >= 11 is 0. The molecule has 1 unspecified atom stereocenters. The van der Waals surface area contributed by atoms with Crippen molar-refractivity contribution in [3.05, 3.63) is 86.5 Å². The fourth-order valence-corrected chi connectivity index (χ4v) is 6.27. The minimum absolute atomic E-state index is 0.0224. The molecule has 0 aliphatic rings. The van der Waals surface area contributed by atoms with E-state index in [-0.39, 0.29) is 28.1 Å². The Morgan fingerprint density at radius 2 is 1.02 bits per heavy atom. The fraction of sp³-hybridized carbons (Fsp3) is 0.500. The average molecular weight is 589 g/mol. The molecule has 0 spiro atoms. The van der Waals surface area contributed by atoms with Crippen molar-refractivity contribution in [1.29, 1.82) is 0 Å². The summed E-state index contributed by atoms with van der Waals surface area (Å²) in [6, 6.07) is 12.1. The Bertz CT molecular complexity index is 1440. The van der Waals surface area contributed by atoms with Gasteiger partial charge in [-0.3, -0.25) is 0 Å². The lowest BCUT2D eigenvalue weighted by atomic mass is 9.74. The van der Waals surface area contributed by atoms with Gasteiger partial charge in [0.2, 0.25) is 0 Å². The van der Waals surface area contributed by atoms with E-state index in [9.17, 15) is 20.1 Å². The van der Waals surface area contributed by atoms with Crippen LogP contribution in [-0.2, 0) is 16.2 Å². The quantitative estimate of drug-likeness (QED) is 0.197. The van der Waals surface area contributed by atoms with Gasteiger partial charge in [-0.15, -0.1) is 0 Å². The Balaban J connectivity index is 2.30. The van der Waals surface area contributed by atoms with E-state index in [0.717, 1.165) is 56.5 Å².